The van der Waals surface area contributed by atoms with Gasteiger partial charge >= 0.3 is 0 Å². The smallest absolute Gasteiger partial charge is 0.254 e. The lowest BCUT2D eigenvalue weighted by molar-refractivity contribution is -0.133. The first kappa shape index (κ1) is 28.7. The van der Waals surface area contributed by atoms with E-state index in [9.17, 15) is 9.59 Å². The standard InChI is InChI=1S/C34H39N3O3/c1-3-4-11-21-36(34(39)30-17-9-6-10-18-30)27-33(38)37(24-28-14-7-5-8-15-28)26-31-19-13-22-35(31)25-29-16-12-20-32(23-29)40-2/h5-10,12-20,22-23H,3-4,11,21,24-27H2,1-2H3. The third-order valence-electron chi connectivity index (χ3n) is 7.00. The molecule has 208 valence electrons. The Balaban J connectivity index is 1.55. The molecule has 3 aromatic carbocycles. The third kappa shape index (κ3) is 8.09. The molecule has 0 atom stereocenters. The van der Waals surface area contributed by atoms with E-state index in [0.29, 0.717) is 31.7 Å². The fourth-order valence-electron chi connectivity index (χ4n) is 4.78. The molecule has 4 aromatic rings. The number of carbonyl (C=O) groups is 2. The summed E-state index contributed by atoms with van der Waals surface area (Å²) >= 11 is 0. The average molecular weight is 538 g/mol. The maximum atomic E-state index is 13.9. The second-order valence-electron chi connectivity index (χ2n) is 10.0. The summed E-state index contributed by atoms with van der Waals surface area (Å²) in [4.78, 5) is 30.9. The Morgan fingerprint density at radius 1 is 0.775 bits per heavy atom. The van der Waals surface area contributed by atoms with Gasteiger partial charge in [0.15, 0.2) is 0 Å². The van der Waals surface area contributed by atoms with Crippen LogP contribution in [-0.4, -0.2) is 46.4 Å². The van der Waals surface area contributed by atoms with E-state index in [1.165, 1.54) is 0 Å². The normalized spacial score (nSPS) is 10.8. The van der Waals surface area contributed by atoms with Gasteiger partial charge in [-0.3, -0.25) is 9.59 Å². The number of unbranched alkanes of at least 4 members (excludes halogenated alkanes) is 2. The lowest BCUT2D eigenvalue weighted by Gasteiger charge is -2.28. The van der Waals surface area contributed by atoms with E-state index in [0.717, 1.165) is 41.8 Å². The summed E-state index contributed by atoms with van der Waals surface area (Å²) in [5.74, 6) is 0.642. The molecule has 0 saturated carbocycles. The molecule has 6 heteroatoms. The van der Waals surface area contributed by atoms with Gasteiger partial charge in [0, 0.05) is 37.1 Å². The minimum atomic E-state index is -0.105. The average Bonchev–Trinajstić information content (AvgIpc) is 3.43. The SMILES string of the molecule is CCCCCN(CC(=O)N(Cc1ccccc1)Cc1cccn1Cc1cccc(OC)c1)C(=O)c1ccccc1. The van der Waals surface area contributed by atoms with E-state index >= 15 is 0 Å². The number of nitrogens with zero attached hydrogens (tertiary/aromatic N) is 3. The van der Waals surface area contributed by atoms with Crippen molar-refractivity contribution in [2.75, 3.05) is 20.2 Å². The summed E-state index contributed by atoms with van der Waals surface area (Å²) in [7, 11) is 1.67. The molecule has 0 aliphatic rings. The van der Waals surface area contributed by atoms with Crippen LogP contribution in [0.2, 0.25) is 0 Å². The number of aromatic nitrogens is 1. The molecule has 40 heavy (non-hydrogen) atoms. The zero-order valence-electron chi connectivity index (χ0n) is 23.5. The van der Waals surface area contributed by atoms with Crippen molar-refractivity contribution in [2.24, 2.45) is 0 Å². The summed E-state index contributed by atoms with van der Waals surface area (Å²) in [6, 6.07) is 31.3. The van der Waals surface area contributed by atoms with Crippen LogP contribution in [0, 0.1) is 0 Å². The molecule has 0 bridgehead atoms. The molecular formula is C34H39N3O3. The first-order valence-electron chi connectivity index (χ1n) is 14.0. The molecule has 0 aliphatic heterocycles. The zero-order valence-corrected chi connectivity index (χ0v) is 23.5. The predicted molar refractivity (Wildman–Crippen MR) is 159 cm³/mol. The second-order valence-corrected chi connectivity index (χ2v) is 10.0. The van der Waals surface area contributed by atoms with Gasteiger partial charge in [-0.05, 0) is 53.9 Å². The molecule has 6 nitrogen and oxygen atoms in total. The zero-order chi connectivity index (χ0) is 28.2. The largest absolute Gasteiger partial charge is 0.497 e. The summed E-state index contributed by atoms with van der Waals surface area (Å²) in [5.41, 5.74) is 3.80. The van der Waals surface area contributed by atoms with E-state index in [2.05, 4.69) is 23.6 Å². The summed E-state index contributed by atoms with van der Waals surface area (Å²) in [6.45, 7) is 4.30. The molecule has 1 aromatic heterocycles. The lowest BCUT2D eigenvalue weighted by Crippen LogP contribution is -2.43. The topological polar surface area (TPSA) is 54.8 Å². The highest BCUT2D eigenvalue weighted by Crippen LogP contribution is 2.18. The van der Waals surface area contributed by atoms with E-state index in [1.807, 2.05) is 96.0 Å². The molecular weight excluding hydrogens is 498 g/mol. The Bertz CT molecular complexity index is 1350. The highest BCUT2D eigenvalue weighted by atomic mass is 16.5. The fraction of sp³-hybridized carbons (Fsp3) is 0.294. The van der Waals surface area contributed by atoms with Gasteiger partial charge in [-0.2, -0.15) is 0 Å². The molecule has 0 spiro atoms. The minimum absolute atomic E-state index is 0.0425. The first-order valence-corrected chi connectivity index (χ1v) is 14.0. The Labute approximate surface area is 237 Å². The van der Waals surface area contributed by atoms with Gasteiger partial charge in [0.2, 0.25) is 5.91 Å². The Morgan fingerprint density at radius 3 is 2.23 bits per heavy atom. The van der Waals surface area contributed by atoms with Gasteiger partial charge < -0.3 is 19.1 Å². The predicted octanol–water partition coefficient (Wildman–Crippen LogP) is 6.41. The molecule has 0 saturated heterocycles. The number of carbonyl (C=O) groups excluding carboxylic acids is 2. The summed E-state index contributed by atoms with van der Waals surface area (Å²) < 4.78 is 7.56. The summed E-state index contributed by atoms with van der Waals surface area (Å²) in [5, 5.41) is 0. The Morgan fingerprint density at radius 2 is 1.50 bits per heavy atom. The van der Waals surface area contributed by atoms with Crippen LogP contribution in [0.5, 0.6) is 5.75 Å². The van der Waals surface area contributed by atoms with Crippen molar-refractivity contribution in [3.8, 4) is 5.75 Å². The van der Waals surface area contributed by atoms with Crippen molar-refractivity contribution < 1.29 is 14.3 Å². The molecule has 0 unspecified atom stereocenters. The first-order chi connectivity index (χ1) is 19.6. The number of hydrogen-bond donors (Lipinski definition) is 0. The van der Waals surface area contributed by atoms with E-state index in [4.69, 9.17) is 4.74 Å². The number of ether oxygens (including phenoxy) is 1. The van der Waals surface area contributed by atoms with E-state index in [1.54, 1.807) is 12.0 Å². The number of rotatable bonds is 14. The van der Waals surface area contributed by atoms with Crippen molar-refractivity contribution in [1.29, 1.82) is 0 Å². The van der Waals surface area contributed by atoms with Crippen LogP contribution in [0.4, 0.5) is 0 Å². The van der Waals surface area contributed by atoms with Gasteiger partial charge in [-0.25, -0.2) is 0 Å². The molecule has 0 radical (unpaired) electrons. The summed E-state index contributed by atoms with van der Waals surface area (Å²) in [6.07, 6.45) is 4.96. The molecule has 2 amide bonds. The maximum absolute atomic E-state index is 13.9. The number of hydrogen-bond acceptors (Lipinski definition) is 3. The maximum Gasteiger partial charge on any atom is 0.254 e. The van der Waals surface area contributed by atoms with Gasteiger partial charge in [-0.1, -0.05) is 80.4 Å². The van der Waals surface area contributed by atoms with Gasteiger partial charge in [0.1, 0.15) is 12.3 Å². The van der Waals surface area contributed by atoms with Crippen LogP contribution < -0.4 is 4.74 Å². The van der Waals surface area contributed by atoms with Crippen LogP contribution in [-0.2, 0) is 24.4 Å². The highest BCUT2D eigenvalue weighted by molar-refractivity contribution is 5.96. The third-order valence-corrected chi connectivity index (χ3v) is 7.00. The Hall–Kier alpha value is -4.32. The van der Waals surface area contributed by atoms with E-state index < -0.39 is 0 Å². The second kappa shape index (κ2) is 14.7. The van der Waals surface area contributed by atoms with Crippen LogP contribution >= 0.6 is 0 Å². The van der Waals surface area contributed by atoms with Crippen LogP contribution in [0.1, 0.15) is 53.4 Å². The quantitative estimate of drug-likeness (QED) is 0.175. The fourth-order valence-corrected chi connectivity index (χ4v) is 4.78. The molecule has 0 fully saturated rings. The van der Waals surface area contributed by atoms with E-state index in [-0.39, 0.29) is 18.4 Å². The highest BCUT2D eigenvalue weighted by Gasteiger charge is 2.23. The van der Waals surface area contributed by atoms with Gasteiger partial charge in [0.05, 0.1) is 13.7 Å². The van der Waals surface area contributed by atoms with Crippen LogP contribution in [0.3, 0.4) is 0 Å². The van der Waals surface area contributed by atoms with Crippen LogP contribution in [0.15, 0.2) is 103 Å². The van der Waals surface area contributed by atoms with Gasteiger partial charge in [-0.15, -0.1) is 0 Å². The molecule has 0 N–H and O–H groups in total. The van der Waals surface area contributed by atoms with Crippen molar-refractivity contribution in [3.63, 3.8) is 0 Å². The Kier molecular flexibility index (Phi) is 10.6. The van der Waals surface area contributed by atoms with Crippen molar-refractivity contribution in [1.82, 2.24) is 14.4 Å². The van der Waals surface area contributed by atoms with Crippen molar-refractivity contribution >= 4 is 11.8 Å². The molecule has 0 aliphatic carbocycles. The lowest BCUT2D eigenvalue weighted by atomic mass is 10.1. The number of amides is 2. The molecule has 1 heterocycles. The monoisotopic (exact) mass is 537 g/mol. The molecule has 4 rings (SSSR count). The minimum Gasteiger partial charge on any atom is -0.497 e. The number of methoxy groups -OCH3 is 1. The van der Waals surface area contributed by atoms with Crippen molar-refractivity contribution in [2.45, 2.75) is 45.8 Å². The van der Waals surface area contributed by atoms with Gasteiger partial charge in [0.25, 0.3) is 5.91 Å². The number of benzene rings is 3. The van der Waals surface area contributed by atoms with Crippen molar-refractivity contribution in [3.05, 3.63) is 126 Å². The van der Waals surface area contributed by atoms with Crippen LogP contribution in [0.25, 0.3) is 0 Å².